The molecule has 2 aromatic carbocycles. The predicted octanol–water partition coefficient (Wildman–Crippen LogP) is 3.74. The number of aryl methyl sites for hydroxylation is 1. The number of carbonyl (C=O) groups excluding carboxylic acids is 2. The summed E-state index contributed by atoms with van der Waals surface area (Å²) in [6.07, 6.45) is -1.27. The van der Waals surface area contributed by atoms with Crippen LogP contribution in [0, 0.1) is 22.3 Å². The van der Waals surface area contributed by atoms with E-state index in [-0.39, 0.29) is 6.61 Å². The second-order valence-corrected chi connectivity index (χ2v) is 6.31. The Hall–Kier alpha value is -2.33. The second-order valence-electron chi connectivity index (χ2n) is 5.15. The molecule has 0 N–H and O–H groups in total. The molecular formula is C20H17IO4. The Kier molecular flexibility index (Phi) is 7.02. The Balaban J connectivity index is 2.22. The van der Waals surface area contributed by atoms with Crippen molar-refractivity contribution in [2.24, 2.45) is 0 Å². The van der Waals surface area contributed by atoms with Gasteiger partial charge in [-0.3, -0.25) is 0 Å². The van der Waals surface area contributed by atoms with E-state index in [1.807, 2.05) is 59.8 Å². The number of ether oxygens (including phenoxy) is 2. The van der Waals surface area contributed by atoms with Gasteiger partial charge in [0.2, 0.25) is 0 Å². The minimum absolute atomic E-state index is 0.183. The van der Waals surface area contributed by atoms with Gasteiger partial charge in [0.25, 0.3) is 6.10 Å². The van der Waals surface area contributed by atoms with Gasteiger partial charge in [0.1, 0.15) is 0 Å². The standard InChI is InChI=1S/C20H17IO4/c1-3-24-20(23)18(13-12-15-10-8-14(2)9-11-15)25-19(22)16-6-4-5-7-17(16)21/h4-11,18H,3H2,1-2H3. The molecular weight excluding hydrogens is 431 g/mol. The smallest absolute Gasteiger partial charge is 0.360 e. The fourth-order valence-electron chi connectivity index (χ4n) is 1.94. The first kappa shape index (κ1) is 19.0. The van der Waals surface area contributed by atoms with E-state index in [1.165, 1.54) is 0 Å². The van der Waals surface area contributed by atoms with Gasteiger partial charge in [0, 0.05) is 9.13 Å². The highest BCUT2D eigenvalue weighted by atomic mass is 127. The van der Waals surface area contributed by atoms with Gasteiger partial charge >= 0.3 is 11.9 Å². The Labute approximate surface area is 160 Å². The lowest BCUT2D eigenvalue weighted by atomic mass is 10.1. The number of benzene rings is 2. The first-order valence-electron chi connectivity index (χ1n) is 7.71. The van der Waals surface area contributed by atoms with Crippen molar-refractivity contribution in [1.82, 2.24) is 0 Å². The molecule has 0 heterocycles. The van der Waals surface area contributed by atoms with Gasteiger partial charge < -0.3 is 9.47 Å². The van der Waals surface area contributed by atoms with Crippen LogP contribution in [0.3, 0.4) is 0 Å². The number of rotatable bonds is 4. The zero-order valence-electron chi connectivity index (χ0n) is 13.9. The lowest BCUT2D eigenvalue weighted by molar-refractivity contribution is -0.150. The van der Waals surface area contributed by atoms with E-state index in [4.69, 9.17) is 9.47 Å². The van der Waals surface area contributed by atoms with Crippen molar-refractivity contribution in [2.45, 2.75) is 20.0 Å². The van der Waals surface area contributed by atoms with Gasteiger partial charge in [-0.25, -0.2) is 9.59 Å². The first-order chi connectivity index (χ1) is 12.0. The van der Waals surface area contributed by atoms with Crippen molar-refractivity contribution >= 4 is 34.5 Å². The number of carbonyl (C=O) groups is 2. The van der Waals surface area contributed by atoms with Crippen LogP contribution in [0.5, 0.6) is 0 Å². The summed E-state index contributed by atoms with van der Waals surface area (Å²) in [6, 6.07) is 14.5. The zero-order chi connectivity index (χ0) is 18.2. The van der Waals surface area contributed by atoms with E-state index in [0.29, 0.717) is 5.56 Å². The third-order valence-corrected chi connectivity index (χ3v) is 4.16. The van der Waals surface area contributed by atoms with Crippen LogP contribution in [0.2, 0.25) is 0 Å². The molecule has 1 atom stereocenters. The van der Waals surface area contributed by atoms with Crippen LogP contribution in [0.4, 0.5) is 0 Å². The molecule has 128 valence electrons. The summed E-state index contributed by atoms with van der Waals surface area (Å²) in [5.41, 5.74) is 2.22. The maximum Gasteiger partial charge on any atom is 0.360 e. The number of esters is 2. The summed E-state index contributed by atoms with van der Waals surface area (Å²) in [5.74, 6) is 4.25. The maximum atomic E-state index is 12.3. The number of hydrogen-bond donors (Lipinski definition) is 0. The topological polar surface area (TPSA) is 52.6 Å². The molecule has 0 aliphatic rings. The van der Waals surface area contributed by atoms with Crippen LogP contribution < -0.4 is 0 Å². The van der Waals surface area contributed by atoms with Gasteiger partial charge in [-0.15, -0.1) is 0 Å². The minimum Gasteiger partial charge on any atom is -0.462 e. The molecule has 0 bridgehead atoms. The van der Waals surface area contributed by atoms with Crippen molar-refractivity contribution in [1.29, 1.82) is 0 Å². The average Bonchev–Trinajstić information content (AvgIpc) is 2.60. The van der Waals surface area contributed by atoms with Crippen molar-refractivity contribution in [3.63, 3.8) is 0 Å². The molecule has 25 heavy (non-hydrogen) atoms. The zero-order valence-corrected chi connectivity index (χ0v) is 16.1. The Morgan fingerprint density at radius 2 is 1.80 bits per heavy atom. The molecule has 2 aromatic rings. The summed E-state index contributed by atoms with van der Waals surface area (Å²) >= 11 is 2.04. The minimum atomic E-state index is -1.27. The third kappa shape index (κ3) is 5.61. The van der Waals surface area contributed by atoms with E-state index >= 15 is 0 Å². The van der Waals surface area contributed by atoms with Crippen LogP contribution in [0.1, 0.15) is 28.4 Å². The van der Waals surface area contributed by atoms with Gasteiger partial charge in [0.05, 0.1) is 12.2 Å². The summed E-state index contributed by atoms with van der Waals surface area (Å²) < 4.78 is 11.0. The van der Waals surface area contributed by atoms with Gasteiger partial charge in [0.15, 0.2) is 0 Å². The van der Waals surface area contributed by atoms with Crippen LogP contribution >= 0.6 is 22.6 Å². The fourth-order valence-corrected chi connectivity index (χ4v) is 2.55. The third-order valence-electron chi connectivity index (χ3n) is 3.22. The molecule has 0 aliphatic heterocycles. The molecule has 5 heteroatoms. The van der Waals surface area contributed by atoms with Gasteiger partial charge in [-0.2, -0.15) is 0 Å². The molecule has 0 spiro atoms. The van der Waals surface area contributed by atoms with Crippen LogP contribution in [0.25, 0.3) is 0 Å². The van der Waals surface area contributed by atoms with E-state index in [1.54, 1.807) is 25.1 Å². The molecule has 4 nitrogen and oxygen atoms in total. The van der Waals surface area contributed by atoms with Crippen molar-refractivity contribution in [3.05, 3.63) is 68.8 Å². The van der Waals surface area contributed by atoms with Crippen molar-refractivity contribution in [3.8, 4) is 11.8 Å². The summed E-state index contributed by atoms with van der Waals surface area (Å²) in [7, 11) is 0. The molecule has 2 rings (SSSR count). The highest BCUT2D eigenvalue weighted by molar-refractivity contribution is 14.1. The molecule has 0 amide bonds. The summed E-state index contributed by atoms with van der Waals surface area (Å²) in [4.78, 5) is 24.4. The van der Waals surface area contributed by atoms with Crippen LogP contribution in [0.15, 0.2) is 48.5 Å². The maximum absolute atomic E-state index is 12.3. The fraction of sp³-hybridized carbons (Fsp3) is 0.200. The molecule has 1 unspecified atom stereocenters. The number of hydrogen-bond acceptors (Lipinski definition) is 4. The highest BCUT2D eigenvalue weighted by Gasteiger charge is 2.23. The van der Waals surface area contributed by atoms with E-state index in [2.05, 4.69) is 11.8 Å². The molecule has 0 radical (unpaired) electrons. The normalized spacial score (nSPS) is 11.0. The summed E-state index contributed by atoms with van der Waals surface area (Å²) in [6.45, 7) is 3.84. The predicted molar refractivity (Wildman–Crippen MR) is 103 cm³/mol. The van der Waals surface area contributed by atoms with Crippen LogP contribution in [-0.2, 0) is 14.3 Å². The summed E-state index contributed by atoms with van der Waals surface area (Å²) in [5, 5.41) is 0. The SMILES string of the molecule is CCOC(=O)C(C#Cc1ccc(C)cc1)OC(=O)c1ccccc1I. The van der Waals surface area contributed by atoms with E-state index in [0.717, 1.165) is 14.7 Å². The average molecular weight is 448 g/mol. The lowest BCUT2D eigenvalue weighted by Gasteiger charge is -2.12. The van der Waals surface area contributed by atoms with Crippen LogP contribution in [-0.4, -0.2) is 24.6 Å². The molecule has 0 aliphatic carbocycles. The quantitative estimate of drug-likeness (QED) is 0.407. The Bertz CT molecular complexity index is 816. The second kappa shape index (κ2) is 9.23. The van der Waals surface area contributed by atoms with Gasteiger partial charge in [-0.05, 0) is 66.6 Å². The largest absolute Gasteiger partial charge is 0.462 e. The first-order valence-corrected chi connectivity index (χ1v) is 8.79. The molecule has 0 saturated carbocycles. The van der Waals surface area contributed by atoms with Crippen molar-refractivity contribution in [2.75, 3.05) is 6.61 Å². The van der Waals surface area contributed by atoms with Gasteiger partial charge in [-0.1, -0.05) is 35.7 Å². The monoisotopic (exact) mass is 448 g/mol. The molecule has 0 aromatic heterocycles. The Morgan fingerprint density at radius 3 is 2.44 bits per heavy atom. The molecule has 0 saturated heterocycles. The van der Waals surface area contributed by atoms with E-state index in [9.17, 15) is 9.59 Å². The molecule has 0 fully saturated rings. The highest BCUT2D eigenvalue weighted by Crippen LogP contribution is 2.14. The lowest BCUT2D eigenvalue weighted by Crippen LogP contribution is -2.28. The number of halogens is 1. The Morgan fingerprint density at radius 1 is 1.12 bits per heavy atom. The van der Waals surface area contributed by atoms with Crippen molar-refractivity contribution < 1.29 is 19.1 Å². The van der Waals surface area contributed by atoms with E-state index < -0.39 is 18.0 Å².